The van der Waals surface area contributed by atoms with E-state index in [1.807, 2.05) is 19.2 Å². The van der Waals surface area contributed by atoms with E-state index in [-0.39, 0.29) is 12.1 Å². The molecule has 1 aliphatic carbocycles. The molecule has 0 bridgehead atoms. The highest BCUT2D eigenvalue weighted by atomic mass is 16.5. The monoisotopic (exact) mass is 417 g/mol. The lowest BCUT2D eigenvalue weighted by molar-refractivity contribution is 0.200. The van der Waals surface area contributed by atoms with Gasteiger partial charge in [-0.2, -0.15) is 15.6 Å². The first-order chi connectivity index (χ1) is 15.0. The third-order valence-corrected chi connectivity index (χ3v) is 6.15. The zero-order valence-electron chi connectivity index (χ0n) is 18.0. The standard InChI is InChI=1S/C23H27N7O/c1-15(28-20-5-7-29(14-26)8-6-20)21(11-25)18-9-22(31-16(2)17-3-4-17)23-19(10-24)12-27-30(23)13-18/h9,11-13,16-17,20H,3-8,25H2,1-2H3/b21-11+,28-15?. The van der Waals surface area contributed by atoms with Crippen molar-refractivity contribution in [3.63, 3.8) is 0 Å². The number of likely N-dealkylation sites (tertiary alicyclic amines) is 1. The van der Waals surface area contributed by atoms with Gasteiger partial charge in [0.15, 0.2) is 6.19 Å². The van der Waals surface area contributed by atoms with Crippen LogP contribution in [0.5, 0.6) is 5.75 Å². The fraction of sp³-hybridized carbons (Fsp3) is 0.478. The summed E-state index contributed by atoms with van der Waals surface area (Å²) in [7, 11) is 0. The van der Waals surface area contributed by atoms with Gasteiger partial charge in [-0.3, -0.25) is 4.99 Å². The third-order valence-electron chi connectivity index (χ3n) is 6.15. The van der Waals surface area contributed by atoms with Crippen LogP contribution in [0, 0.1) is 28.7 Å². The molecule has 1 unspecified atom stereocenters. The van der Waals surface area contributed by atoms with E-state index in [0.29, 0.717) is 22.7 Å². The molecule has 2 aromatic heterocycles. The first kappa shape index (κ1) is 20.7. The fourth-order valence-electron chi connectivity index (χ4n) is 4.13. The zero-order chi connectivity index (χ0) is 22.0. The van der Waals surface area contributed by atoms with Crippen LogP contribution in [0.2, 0.25) is 0 Å². The minimum Gasteiger partial charge on any atom is -0.488 e. The van der Waals surface area contributed by atoms with E-state index in [1.54, 1.807) is 21.8 Å². The highest BCUT2D eigenvalue weighted by molar-refractivity contribution is 6.22. The molecule has 8 heteroatoms. The number of aromatic nitrogens is 2. The van der Waals surface area contributed by atoms with Gasteiger partial charge in [0.2, 0.25) is 0 Å². The molecule has 2 N–H and O–H groups in total. The second-order valence-corrected chi connectivity index (χ2v) is 8.33. The third kappa shape index (κ3) is 4.34. The molecule has 4 rings (SSSR count). The van der Waals surface area contributed by atoms with E-state index in [1.165, 1.54) is 12.8 Å². The number of nitrogens with zero attached hydrogens (tertiary/aromatic N) is 6. The maximum absolute atomic E-state index is 9.50. The van der Waals surface area contributed by atoms with Crippen molar-refractivity contribution < 1.29 is 4.74 Å². The summed E-state index contributed by atoms with van der Waals surface area (Å²) >= 11 is 0. The fourth-order valence-corrected chi connectivity index (χ4v) is 4.13. The van der Waals surface area contributed by atoms with Crippen molar-refractivity contribution in [2.24, 2.45) is 16.6 Å². The number of hydrogen-bond donors (Lipinski definition) is 1. The number of piperidine rings is 1. The largest absolute Gasteiger partial charge is 0.488 e. The van der Waals surface area contributed by atoms with Gasteiger partial charge < -0.3 is 15.4 Å². The minimum atomic E-state index is 0.0749. The molecule has 3 heterocycles. The van der Waals surface area contributed by atoms with Crippen LogP contribution in [0.4, 0.5) is 0 Å². The second-order valence-electron chi connectivity index (χ2n) is 8.33. The van der Waals surface area contributed by atoms with Crippen molar-refractivity contribution in [2.45, 2.75) is 51.7 Å². The Bertz CT molecular complexity index is 1110. The summed E-state index contributed by atoms with van der Waals surface area (Å²) in [4.78, 5) is 6.66. The molecule has 8 nitrogen and oxygen atoms in total. The number of nitriles is 2. The molecule has 1 atom stereocenters. The van der Waals surface area contributed by atoms with Crippen LogP contribution < -0.4 is 10.5 Å². The van der Waals surface area contributed by atoms with E-state index < -0.39 is 0 Å². The van der Waals surface area contributed by atoms with E-state index in [9.17, 15) is 5.26 Å². The molecule has 2 fully saturated rings. The van der Waals surface area contributed by atoms with Gasteiger partial charge in [-0.1, -0.05) is 0 Å². The Morgan fingerprint density at radius 2 is 2.06 bits per heavy atom. The molecule has 0 amide bonds. The molecule has 2 aliphatic rings. The lowest BCUT2D eigenvalue weighted by atomic mass is 10.0. The van der Waals surface area contributed by atoms with E-state index in [4.69, 9.17) is 20.7 Å². The van der Waals surface area contributed by atoms with Gasteiger partial charge in [0.25, 0.3) is 0 Å². The Hall–Kier alpha value is -3.52. The molecule has 31 heavy (non-hydrogen) atoms. The van der Waals surface area contributed by atoms with Gasteiger partial charge in [-0.05, 0) is 51.5 Å². The van der Waals surface area contributed by atoms with E-state index >= 15 is 0 Å². The number of aliphatic imine (C=N–C) groups is 1. The van der Waals surface area contributed by atoms with Crippen molar-refractivity contribution in [1.82, 2.24) is 14.5 Å². The quantitative estimate of drug-likeness (QED) is 0.570. The molecule has 0 radical (unpaired) electrons. The summed E-state index contributed by atoms with van der Waals surface area (Å²) in [5.74, 6) is 1.20. The van der Waals surface area contributed by atoms with Gasteiger partial charge in [0.1, 0.15) is 22.9 Å². The first-order valence-electron chi connectivity index (χ1n) is 10.7. The molecule has 1 aliphatic heterocycles. The summed E-state index contributed by atoms with van der Waals surface area (Å²) < 4.78 is 7.97. The smallest absolute Gasteiger partial charge is 0.179 e. The van der Waals surface area contributed by atoms with Crippen LogP contribution in [0.25, 0.3) is 11.1 Å². The van der Waals surface area contributed by atoms with Crippen molar-refractivity contribution in [1.29, 1.82) is 10.5 Å². The summed E-state index contributed by atoms with van der Waals surface area (Å²) in [5, 5.41) is 22.9. The number of hydrogen-bond acceptors (Lipinski definition) is 7. The summed E-state index contributed by atoms with van der Waals surface area (Å²) in [6, 6.07) is 4.31. The number of nitrogens with two attached hydrogens (primary N) is 1. The van der Waals surface area contributed by atoms with E-state index in [2.05, 4.69) is 24.3 Å². The highest BCUT2D eigenvalue weighted by Crippen LogP contribution is 2.37. The van der Waals surface area contributed by atoms with Crippen LogP contribution in [0.1, 0.15) is 50.7 Å². The average Bonchev–Trinajstić information content (AvgIpc) is 3.54. The number of fused-ring (bicyclic) bond motifs is 1. The predicted octanol–water partition coefficient (Wildman–Crippen LogP) is 3.09. The molecule has 1 saturated carbocycles. The average molecular weight is 418 g/mol. The molecule has 2 aromatic rings. The van der Waals surface area contributed by atoms with Gasteiger partial charge >= 0.3 is 0 Å². The summed E-state index contributed by atoms with van der Waals surface area (Å²) in [6.45, 7) is 5.49. The summed E-state index contributed by atoms with van der Waals surface area (Å²) in [5.41, 5.74) is 9.67. The van der Waals surface area contributed by atoms with Crippen LogP contribution in [-0.4, -0.2) is 45.5 Å². The Kier molecular flexibility index (Phi) is 5.81. The van der Waals surface area contributed by atoms with Crippen molar-refractivity contribution >= 4 is 16.8 Å². The molecule has 0 spiro atoms. The highest BCUT2D eigenvalue weighted by Gasteiger charge is 2.30. The number of rotatable bonds is 6. The SMILES string of the molecule is CC(=NC1CCN(C#N)CC1)/C(=C\N)c1cc(OC(C)C2CC2)c2c(C#N)cnn2c1. The van der Waals surface area contributed by atoms with Crippen molar-refractivity contribution in [3.05, 3.63) is 35.8 Å². The van der Waals surface area contributed by atoms with Gasteiger partial charge in [-0.15, -0.1) is 0 Å². The maximum Gasteiger partial charge on any atom is 0.179 e. The topological polar surface area (TPSA) is 116 Å². The van der Waals surface area contributed by atoms with Crippen LogP contribution >= 0.6 is 0 Å². The Morgan fingerprint density at radius 3 is 2.68 bits per heavy atom. The Balaban J connectivity index is 1.66. The minimum absolute atomic E-state index is 0.0749. The normalized spacial score (nSPS) is 19.2. The molecule has 0 aromatic carbocycles. The van der Waals surface area contributed by atoms with Gasteiger partial charge in [0, 0.05) is 42.3 Å². The Morgan fingerprint density at radius 1 is 1.32 bits per heavy atom. The lowest BCUT2D eigenvalue weighted by Gasteiger charge is -2.26. The van der Waals surface area contributed by atoms with Gasteiger partial charge in [0.05, 0.1) is 18.3 Å². The summed E-state index contributed by atoms with van der Waals surface area (Å²) in [6.07, 6.45) is 11.3. The van der Waals surface area contributed by atoms with Crippen LogP contribution in [0.15, 0.2) is 29.7 Å². The molecular formula is C23H27N7O. The number of pyridine rings is 1. The first-order valence-corrected chi connectivity index (χ1v) is 10.7. The number of ether oxygens (including phenoxy) is 1. The Labute approximate surface area is 182 Å². The maximum atomic E-state index is 9.50. The van der Waals surface area contributed by atoms with Crippen LogP contribution in [-0.2, 0) is 0 Å². The van der Waals surface area contributed by atoms with Gasteiger partial charge in [-0.25, -0.2) is 4.52 Å². The predicted molar refractivity (Wildman–Crippen MR) is 118 cm³/mol. The van der Waals surface area contributed by atoms with Crippen molar-refractivity contribution in [2.75, 3.05) is 13.1 Å². The number of allylic oxidation sites excluding steroid dienone is 1. The second kappa shape index (κ2) is 8.69. The zero-order valence-corrected chi connectivity index (χ0v) is 18.0. The molecule has 1 saturated heterocycles. The molecule has 160 valence electrons. The molecular weight excluding hydrogens is 390 g/mol. The van der Waals surface area contributed by atoms with Crippen LogP contribution in [0.3, 0.4) is 0 Å². The van der Waals surface area contributed by atoms with Crippen molar-refractivity contribution in [3.8, 4) is 18.0 Å². The lowest BCUT2D eigenvalue weighted by Crippen LogP contribution is -2.32. The van der Waals surface area contributed by atoms with E-state index in [0.717, 1.165) is 42.8 Å².